The predicted molar refractivity (Wildman–Crippen MR) is 374 cm³/mol. The average molecular weight is 1400 g/mol. The summed E-state index contributed by atoms with van der Waals surface area (Å²) in [7, 11) is 0. The van der Waals surface area contributed by atoms with Crippen molar-refractivity contribution < 1.29 is 63.2 Å². The molecule has 484 valence electrons. The molecular formula is C72H68Cl2O13S6. The fourth-order valence-electron chi connectivity index (χ4n) is 10.6. The normalized spacial score (nSPS) is 19.2. The maximum atomic E-state index is 12.5. The summed E-state index contributed by atoms with van der Waals surface area (Å²) in [5.41, 5.74) is 7.95. The Hall–Kier alpha value is -6.23. The maximum Gasteiger partial charge on any atom is 0.304 e. The number of rotatable bonds is 6. The van der Waals surface area contributed by atoms with Crippen LogP contribution in [0.4, 0.5) is 0 Å². The van der Waals surface area contributed by atoms with E-state index in [1.807, 2.05) is 79.3 Å². The van der Waals surface area contributed by atoms with Crippen molar-refractivity contribution in [2.24, 2.45) is 5.92 Å². The Morgan fingerprint density at radius 1 is 0.559 bits per heavy atom. The molecular weight excluding hydrogens is 1340 g/mol. The van der Waals surface area contributed by atoms with E-state index in [1.54, 1.807) is 96.3 Å². The number of aryl methyl sites for hydroxylation is 2. The fraction of sp³-hybridized carbons (Fsp3) is 0.292. The molecule has 21 heteroatoms. The molecule has 0 radical (unpaired) electrons. The highest BCUT2D eigenvalue weighted by molar-refractivity contribution is 8.01. The van der Waals surface area contributed by atoms with E-state index in [-0.39, 0.29) is 68.9 Å². The molecule has 0 aromatic heterocycles. The van der Waals surface area contributed by atoms with Gasteiger partial charge in [-0.15, -0.1) is 70.6 Å². The van der Waals surface area contributed by atoms with Gasteiger partial charge in [-0.25, -0.2) is 0 Å². The van der Waals surface area contributed by atoms with Gasteiger partial charge in [-0.05, 0) is 125 Å². The van der Waals surface area contributed by atoms with E-state index < -0.39 is 30.1 Å². The molecule has 6 aliphatic heterocycles. The lowest BCUT2D eigenvalue weighted by Crippen LogP contribution is -2.32. The summed E-state index contributed by atoms with van der Waals surface area (Å²) < 4.78 is 5.01. The first-order valence-electron chi connectivity index (χ1n) is 29.5. The molecule has 4 unspecified atom stereocenters. The van der Waals surface area contributed by atoms with Gasteiger partial charge in [0.25, 0.3) is 0 Å². The van der Waals surface area contributed by atoms with Gasteiger partial charge >= 0.3 is 11.9 Å². The van der Waals surface area contributed by atoms with Crippen LogP contribution in [0, 0.1) is 19.8 Å². The summed E-state index contributed by atoms with van der Waals surface area (Å²) in [4.78, 5) is 111. The fourth-order valence-corrected chi connectivity index (χ4v) is 18.1. The maximum absolute atomic E-state index is 12.5. The number of aliphatic hydroxyl groups excluding tert-OH is 2. The SMILES string of the molecule is CC(=O)OC1CSc2ccccc2C1=O.CC1(C)CC(=O)c2cc(Cl)ccc2S1.Cc1cc(C)c2c(c1)SC(C)(C)CC2=O.O=C(O)CC1CC(=O)c2cc(Cl)ccc2S1.O=C(c1ccccc1)C1CSc2cc(CO)ccc2C1=O.O=C1c2ccccc2SCC1O. The van der Waals surface area contributed by atoms with E-state index in [1.165, 1.54) is 47.8 Å². The van der Waals surface area contributed by atoms with Crippen LogP contribution in [-0.2, 0) is 20.9 Å². The van der Waals surface area contributed by atoms with Gasteiger partial charge in [0.05, 0.1) is 18.9 Å². The van der Waals surface area contributed by atoms with Crippen LogP contribution in [0.5, 0.6) is 0 Å². The zero-order chi connectivity index (χ0) is 67.5. The molecule has 13 rings (SSSR count). The lowest BCUT2D eigenvalue weighted by molar-refractivity contribution is -0.143. The minimum Gasteiger partial charge on any atom is -0.481 e. The molecule has 0 spiro atoms. The number of ether oxygens (including phenoxy) is 1. The number of esters is 1. The first-order valence-corrected chi connectivity index (χ1v) is 35.8. The van der Waals surface area contributed by atoms with Crippen LogP contribution in [0.3, 0.4) is 0 Å². The topological polar surface area (TPSA) is 224 Å². The van der Waals surface area contributed by atoms with Crippen LogP contribution in [-0.4, -0.2) is 112 Å². The number of carbonyl (C=O) groups is 9. The zero-order valence-electron chi connectivity index (χ0n) is 52.0. The number of halogens is 2. The first kappa shape index (κ1) is 72.6. The van der Waals surface area contributed by atoms with E-state index in [0.29, 0.717) is 73.7 Å². The molecule has 13 nitrogen and oxygen atoms in total. The van der Waals surface area contributed by atoms with Crippen LogP contribution in [0.25, 0.3) is 0 Å². The molecule has 0 amide bonds. The van der Waals surface area contributed by atoms with Crippen molar-refractivity contribution in [2.45, 2.75) is 137 Å². The van der Waals surface area contributed by atoms with E-state index in [9.17, 15) is 48.3 Å². The molecule has 0 saturated heterocycles. The van der Waals surface area contributed by atoms with Crippen molar-refractivity contribution >= 4 is 146 Å². The van der Waals surface area contributed by atoms with Crippen molar-refractivity contribution in [2.75, 3.05) is 17.3 Å². The second-order valence-corrected chi connectivity index (χ2v) is 32.4. The van der Waals surface area contributed by atoms with E-state index in [4.69, 9.17) is 38.2 Å². The highest BCUT2D eigenvalue weighted by atomic mass is 35.5. The van der Waals surface area contributed by atoms with E-state index in [2.05, 4.69) is 46.8 Å². The van der Waals surface area contributed by atoms with Gasteiger partial charge in [0.1, 0.15) is 6.10 Å². The highest BCUT2D eigenvalue weighted by Gasteiger charge is 2.36. The molecule has 0 fully saturated rings. The average Bonchev–Trinajstić information content (AvgIpc) is 0.841. The predicted octanol–water partition coefficient (Wildman–Crippen LogP) is 16.6. The van der Waals surface area contributed by atoms with Crippen molar-refractivity contribution in [3.63, 3.8) is 0 Å². The summed E-state index contributed by atoms with van der Waals surface area (Å²) in [6.07, 6.45) is 0.0785. The van der Waals surface area contributed by atoms with Gasteiger partial charge in [0.2, 0.25) is 5.78 Å². The number of Topliss-reactive ketones (excluding diaryl/α,β-unsaturated/α-hetero) is 7. The largest absolute Gasteiger partial charge is 0.481 e. The molecule has 0 bridgehead atoms. The third kappa shape index (κ3) is 19.5. The quantitative estimate of drug-likeness (QED) is 0.0799. The number of aliphatic carboxylic acids is 1. The minimum absolute atomic E-state index is 0.0118. The van der Waals surface area contributed by atoms with Crippen molar-refractivity contribution in [1.82, 2.24) is 0 Å². The second kappa shape index (κ2) is 32.5. The van der Waals surface area contributed by atoms with Gasteiger partial charge in [0.15, 0.2) is 40.8 Å². The summed E-state index contributed by atoms with van der Waals surface area (Å²) in [5, 5.41) is 28.1. The standard InChI is InChI=1S/C17H14O3S.C13H16OS.C11H9ClO3S.C11H11ClOS.C11H10O3S.C9H8O2S/c18-9-11-6-7-13-15(8-11)21-10-14(17(13)20)16(19)12-4-2-1-3-5-12;1-8-5-9(2)12-10(14)7-13(3,4)15-11(12)6-8;12-6-1-2-10-8(3-6)9(13)4-7(16-10)5-11(14)15;1-11(2)6-9(13)8-5-7(12)3-4-10(8)14-11;1-7(12)14-9-6-15-10-5-3-2-4-8(10)11(9)13;10-7-5-12-8-4-2-1-3-6(8)9(7)11/h1-8,14,18H,9-10H2;5-6H,7H2,1-4H3;1-3,7H,4-5H2,(H,14,15);3-5H,6H2,1-2H3;2-5,9H,6H2,1H3;1-4,7,10H,5H2. The Balaban J connectivity index is 0.000000145. The number of fused-ring (bicyclic) bond motifs is 6. The van der Waals surface area contributed by atoms with Crippen LogP contribution >= 0.6 is 93.8 Å². The lowest BCUT2D eigenvalue weighted by Gasteiger charge is -2.30. The number of carboxylic acid groups (broad SMARTS) is 1. The molecule has 0 aliphatic carbocycles. The number of hydrogen-bond donors (Lipinski definition) is 3. The molecule has 7 aromatic carbocycles. The number of carboxylic acids is 1. The molecule has 3 N–H and O–H groups in total. The minimum atomic E-state index is -0.872. The molecule has 6 aliphatic rings. The van der Waals surface area contributed by atoms with E-state index >= 15 is 0 Å². The molecule has 7 aromatic rings. The van der Waals surface area contributed by atoms with Crippen molar-refractivity contribution in [3.8, 4) is 0 Å². The van der Waals surface area contributed by atoms with E-state index in [0.717, 1.165) is 51.6 Å². The van der Waals surface area contributed by atoms with Crippen LogP contribution in [0.1, 0.15) is 149 Å². The van der Waals surface area contributed by atoms with Crippen LogP contribution < -0.4 is 0 Å². The Morgan fingerprint density at radius 3 is 1.73 bits per heavy atom. The van der Waals surface area contributed by atoms with Gasteiger partial charge in [0, 0.05) is 137 Å². The number of thioether (sulfide) groups is 6. The third-order valence-electron chi connectivity index (χ3n) is 14.8. The number of ketones is 7. The number of carbonyl (C=O) groups excluding carboxylic acids is 8. The Kier molecular flexibility index (Phi) is 25.3. The summed E-state index contributed by atoms with van der Waals surface area (Å²) in [6, 6.07) is 43.8. The third-order valence-corrected chi connectivity index (χ3v) is 22.5. The van der Waals surface area contributed by atoms with Gasteiger partial charge in [-0.3, -0.25) is 43.2 Å². The Morgan fingerprint density at radius 2 is 1.11 bits per heavy atom. The highest BCUT2D eigenvalue weighted by Crippen LogP contribution is 2.46. The smallest absolute Gasteiger partial charge is 0.304 e. The molecule has 93 heavy (non-hydrogen) atoms. The van der Waals surface area contributed by atoms with Crippen molar-refractivity contribution in [3.05, 3.63) is 211 Å². The summed E-state index contributed by atoms with van der Waals surface area (Å²) in [6.45, 7) is 13.8. The Labute approximate surface area is 576 Å². The number of aliphatic hydroxyl groups is 2. The Bertz CT molecular complexity index is 4040. The summed E-state index contributed by atoms with van der Waals surface area (Å²) >= 11 is 21.2. The van der Waals surface area contributed by atoms with Gasteiger partial charge < -0.3 is 20.1 Å². The number of hydrogen-bond acceptors (Lipinski definition) is 18. The van der Waals surface area contributed by atoms with Crippen molar-refractivity contribution in [1.29, 1.82) is 0 Å². The summed E-state index contributed by atoms with van der Waals surface area (Å²) in [5.74, 6) is -0.475. The molecule has 0 saturated carbocycles. The lowest BCUT2D eigenvalue weighted by atomic mass is 9.90. The van der Waals surface area contributed by atoms with Crippen LogP contribution in [0.2, 0.25) is 10.0 Å². The molecule has 6 heterocycles. The van der Waals surface area contributed by atoms with Crippen LogP contribution in [0.15, 0.2) is 175 Å². The van der Waals surface area contributed by atoms with Gasteiger partial charge in [-0.1, -0.05) is 102 Å². The number of benzene rings is 7. The zero-order valence-corrected chi connectivity index (χ0v) is 58.4. The van der Waals surface area contributed by atoms with Gasteiger partial charge in [-0.2, -0.15) is 0 Å². The second-order valence-electron chi connectivity index (χ2n) is 23.5. The monoisotopic (exact) mass is 1400 g/mol. The molecule has 4 atom stereocenters. The first-order chi connectivity index (χ1) is 44.1.